The van der Waals surface area contributed by atoms with Crippen LogP contribution in [-0.4, -0.2) is 35.2 Å². The van der Waals surface area contributed by atoms with E-state index in [1.54, 1.807) is 0 Å². The lowest BCUT2D eigenvalue weighted by atomic mass is 9.87. The molecule has 5 heteroatoms. The van der Waals surface area contributed by atoms with E-state index >= 15 is 0 Å². The minimum atomic E-state index is -0.194. The number of anilines is 1. The molecule has 1 saturated heterocycles. The topological polar surface area (TPSA) is 40.6 Å². The molecule has 0 saturated carbocycles. The summed E-state index contributed by atoms with van der Waals surface area (Å²) in [6.45, 7) is 10.8. The molecule has 2 aliphatic heterocycles. The van der Waals surface area contributed by atoms with Crippen molar-refractivity contribution >= 4 is 40.2 Å². The van der Waals surface area contributed by atoms with Crippen LogP contribution in [0.2, 0.25) is 0 Å². The molecule has 0 atom stereocenters. The Hall–Kier alpha value is -2.01. The number of hydrogen-bond acceptors (Lipinski definition) is 4. The Morgan fingerprint density at radius 1 is 1.20 bits per heavy atom. The van der Waals surface area contributed by atoms with Gasteiger partial charge in [0.25, 0.3) is 11.1 Å². The summed E-state index contributed by atoms with van der Waals surface area (Å²) in [6, 6.07) is 4.30. The fraction of sp³-hybridized carbons (Fsp3) is 0.400. The van der Waals surface area contributed by atoms with Crippen LogP contribution in [-0.2, 0) is 4.79 Å². The predicted octanol–water partition coefficient (Wildman–Crippen LogP) is 4.68. The molecule has 0 aliphatic carbocycles. The third-order valence-corrected chi connectivity index (χ3v) is 5.99. The van der Waals surface area contributed by atoms with Crippen LogP contribution in [0.15, 0.2) is 23.1 Å². The number of imide groups is 1. The minimum Gasteiger partial charge on any atom is -0.365 e. The van der Waals surface area contributed by atoms with Crippen LogP contribution in [0.3, 0.4) is 0 Å². The van der Waals surface area contributed by atoms with Gasteiger partial charge in [0, 0.05) is 24.8 Å². The van der Waals surface area contributed by atoms with Crippen LogP contribution in [0.25, 0.3) is 11.6 Å². The summed E-state index contributed by atoms with van der Waals surface area (Å²) in [6.07, 6.45) is 4.11. The van der Waals surface area contributed by atoms with Crippen molar-refractivity contribution in [3.05, 3.63) is 39.8 Å². The number of thioether (sulfide) groups is 1. The van der Waals surface area contributed by atoms with Crippen LogP contribution in [0.4, 0.5) is 10.5 Å². The van der Waals surface area contributed by atoms with E-state index in [-0.39, 0.29) is 16.7 Å². The molecule has 1 fully saturated rings. The molecule has 0 aromatic heterocycles. The van der Waals surface area contributed by atoms with Gasteiger partial charge in [0.15, 0.2) is 0 Å². The van der Waals surface area contributed by atoms with E-state index in [9.17, 15) is 9.59 Å². The van der Waals surface area contributed by atoms with Gasteiger partial charge in [-0.2, -0.15) is 0 Å². The average molecular weight is 356 g/mol. The Kier molecular flexibility index (Phi) is 4.31. The molecular formula is C20H24N2O2S. The summed E-state index contributed by atoms with van der Waals surface area (Å²) < 4.78 is 0. The van der Waals surface area contributed by atoms with Crippen LogP contribution in [0, 0.1) is 6.92 Å². The van der Waals surface area contributed by atoms with Crippen LogP contribution in [0.5, 0.6) is 0 Å². The monoisotopic (exact) mass is 356 g/mol. The molecule has 4 nitrogen and oxygen atoms in total. The largest absolute Gasteiger partial charge is 0.365 e. The second-order valence-electron chi connectivity index (χ2n) is 7.19. The van der Waals surface area contributed by atoms with E-state index in [1.807, 2.05) is 19.9 Å². The van der Waals surface area contributed by atoms with Crippen molar-refractivity contribution in [3.8, 4) is 0 Å². The van der Waals surface area contributed by atoms with E-state index < -0.39 is 0 Å². The summed E-state index contributed by atoms with van der Waals surface area (Å²) in [5.41, 5.74) is 5.65. The summed E-state index contributed by atoms with van der Waals surface area (Å²) >= 11 is 1.02. The van der Waals surface area contributed by atoms with Crippen molar-refractivity contribution in [2.45, 2.75) is 40.2 Å². The van der Waals surface area contributed by atoms with Crippen molar-refractivity contribution in [1.82, 2.24) is 4.90 Å². The van der Waals surface area contributed by atoms with Crippen molar-refractivity contribution < 1.29 is 9.59 Å². The smallest absolute Gasteiger partial charge is 0.293 e. The first-order chi connectivity index (χ1) is 11.7. The molecule has 0 spiro atoms. The van der Waals surface area contributed by atoms with E-state index in [2.05, 4.69) is 50.9 Å². The van der Waals surface area contributed by atoms with Gasteiger partial charge in [0.2, 0.25) is 0 Å². The molecule has 3 rings (SSSR count). The normalized spacial score (nSPS) is 21.0. The highest BCUT2D eigenvalue weighted by molar-refractivity contribution is 8.18. The average Bonchev–Trinajstić information content (AvgIpc) is 2.79. The Labute approximate surface area is 153 Å². The van der Waals surface area contributed by atoms with Crippen LogP contribution < -0.4 is 4.90 Å². The van der Waals surface area contributed by atoms with E-state index in [4.69, 9.17) is 0 Å². The lowest BCUT2D eigenvalue weighted by Gasteiger charge is -2.41. The Bertz CT molecular complexity index is 836. The number of aryl methyl sites for hydroxylation is 1. The number of likely N-dealkylation sites (N-methyl/N-ethyl adjacent to an activating group) is 2. The summed E-state index contributed by atoms with van der Waals surface area (Å²) in [5, 5.41) is -0.188. The van der Waals surface area contributed by atoms with Gasteiger partial charge in [0.1, 0.15) is 0 Å². The maximum absolute atomic E-state index is 12.3. The standard InChI is InChI=1S/C20H24N2O2S/c1-7-22-18(23)17(25-19(22)24)10-14-9-15-13(3)11-20(4,5)21(6)16(15)8-12(14)2/h8-11H,7H2,1-6H3/b17-10+. The lowest BCUT2D eigenvalue weighted by molar-refractivity contribution is -0.122. The first-order valence-electron chi connectivity index (χ1n) is 8.49. The van der Waals surface area contributed by atoms with Crippen molar-refractivity contribution in [1.29, 1.82) is 0 Å². The van der Waals surface area contributed by atoms with Gasteiger partial charge < -0.3 is 4.90 Å². The zero-order chi connectivity index (χ0) is 18.5. The summed E-state index contributed by atoms with van der Waals surface area (Å²) in [7, 11) is 2.10. The molecule has 25 heavy (non-hydrogen) atoms. The van der Waals surface area contributed by atoms with Crippen LogP contribution >= 0.6 is 11.8 Å². The molecule has 0 radical (unpaired) electrons. The summed E-state index contributed by atoms with van der Waals surface area (Å²) in [5.74, 6) is -0.194. The molecule has 132 valence electrons. The molecule has 0 bridgehead atoms. The second-order valence-corrected chi connectivity index (χ2v) is 8.19. The highest BCUT2D eigenvalue weighted by Crippen LogP contribution is 2.40. The zero-order valence-electron chi connectivity index (χ0n) is 15.6. The number of fused-ring (bicyclic) bond motifs is 1. The Balaban J connectivity index is 2.07. The quantitative estimate of drug-likeness (QED) is 0.721. The molecule has 0 N–H and O–H groups in total. The fourth-order valence-corrected chi connectivity index (χ4v) is 4.28. The third-order valence-electron chi connectivity index (χ3n) is 5.08. The molecule has 1 aromatic rings. The summed E-state index contributed by atoms with van der Waals surface area (Å²) in [4.78, 5) is 28.3. The first-order valence-corrected chi connectivity index (χ1v) is 9.31. The fourth-order valence-electron chi connectivity index (χ4n) is 3.39. The van der Waals surface area contributed by atoms with Gasteiger partial charge in [0.05, 0.1) is 10.4 Å². The number of carbonyl (C=O) groups excluding carboxylic acids is 2. The highest BCUT2D eigenvalue weighted by Gasteiger charge is 2.34. The molecular weight excluding hydrogens is 332 g/mol. The molecule has 2 aliphatic rings. The molecule has 2 heterocycles. The molecule has 2 amide bonds. The van der Waals surface area contributed by atoms with Crippen molar-refractivity contribution in [2.75, 3.05) is 18.5 Å². The predicted molar refractivity (Wildman–Crippen MR) is 106 cm³/mol. The number of nitrogens with zero attached hydrogens (tertiary/aromatic N) is 2. The van der Waals surface area contributed by atoms with Gasteiger partial charge in [-0.15, -0.1) is 0 Å². The first kappa shape index (κ1) is 17.8. The molecule has 1 aromatic carbocycles. The van der Waals surface area contributed by atoms with Crippen molar-refractivity contribution in [3.63, 3.8) is 0 Å². The van der Waals surface area contributed by atoms with E-state index in [0.717, 1.165) is 22.9 Å². The number of rotatable bonds is 2. The Morgan fingerprint density at radius 2 is 1.88 bits per heavy atom. The van der Waals surface area contributed by atoms with Gasteiger partial charge in [-0.25, -0.2) is 0 Å². The zero-order valence-corrected chi connectivity index (χ0v) is 16.5. The third kappa shape index (κ3) is 2.91. The maximum Gasteiger partial charge on any atom is 0.293 e. The van der Waals surface area contributed by atoms with E-state index in [0.29, 0.717) is 11.4 Å². The number of benzene rings is 1. The SMILES string of the molecule is CCN1C(=O)S/C(=C/c2cc3c(cc2C)N(C)C(C)(C)C=C3C)C1=O. The van der Waals surface area contributed by atoms with Gasteiger partial charge in [-0.05, 0) is 81.3 Å². The number of allylic oxidation sites excluding steroid dienone is 1. The van der Waals surface area contributed by atoms with E-state index in [1.165, 1.54) is 21.7 Å². The van der Waals surface area contributed by atoms with Gasteiger partial charge in [-0.1, -0.05) is 6.08 Å². The van der Waals surface area contributed by atoms with Crippen LogP contribution in [0.1, 0.15) is 44.4 Å². The minimum absolute atomic E-state index is 0.0329. The molecule has 0 unspecified atom stereocenters. The second kappa shape index (κ2) is 6.06. The van der Waals surface area contributed by atoms with Crippen molar-refractivity contribution in [2.24, 2.45) is 0 Å². The lowest BCUT2D eigenvalue weighted by Crippen LogP contribution is -2.42. The Morgan fingerprint density at radius 3 is 2.48 bits per heavy atom. The number of amides is 2. The maximum atomic E-state index is 12.3. The van der Waals surface area contributed by atoms with Gasteiger partial charge in [-0.3, -0.25) is 14.5 Å². The number of hydrogen-bond donors (Lipinski definition) is 0. The highest BCUT2D eigenvalue weighted by atomic mass is 32.2. The number of carbonyl (C=O) groups is 2. The van der Waals surface area contributed by atoms with Gasteiger partial charge >= 0.3 is 0 Å².